The number of rotatable bonds is 12. The molecule has 0 N–H and O–H groups in total. The van der Waals surface area contributed by atoms with Gasteiger partial charge in [-0.15, -0.1) is 0 Å². The third kappa shape index (κ3) is 8.89. The van der Waals surface area contributed by atoms with E-state index in [0.717, 1.165) is 77.6 Å². The van der Waals surface area contributed by atoms with Crippen molar-refractivity contribution >= 4 is 66.4 Å². The van der Waals surface area contributed by atoms with Gasteiger partial charge in [-0.2, -0.15) is 26.3 Å². The van der Waals surface area contributed by atoms with Gasteiger partial charge in [0.05, 0.1) is 24.2 Å². The van der Waals surface area contributed by atoms with Crippen LogP contribution < -0.4 is 9.80 Å². The van der Waals surface area contributed by atoms with Gasteiger partial charge in [-0.05, 0) is 139 Å². The van der Waals surface area contributed by atoms with Crippen molar-refractivity contribution in [1.29, 1.82) is 0 Å². The summed E-state index contributed by atoms with van der Waals surface area (Å²) in [4.78, 5) is 4.32. The minimum absolute atomic E-state index is 0.109. The third-order valence-corrected chi connectivity index (χ3v) is 12.5. The van der Waals surface area contributed by atoms with Crippen LogP contribution in [-0.2, 0) is 12.8 Å². The molecule has 0 amide bonds. The predicted octanol–water partition coefficient (Wildman–Crippen LogP) is 18.2. The van der Waals surface area contributed by atoms with Crippen LogP contribution >= 0.6 is 0 Å². The number of alkyl halides is 6. The molecular formula is C56H54F6N2. The first kappa shape index (κ1) is 44.6. The highest BCUT2D eigenvalue weighted by atomic mass is 19.4. The van der Waals surface area contributed by atoms with Crippen LogP contribution in [0, 0.1) is 0 Å². The van der Waals surface area contributed by atoms with Crippen LogP contribution in [0.4, 0.5) is 60.5 Å². The van der Waals surface area contributed by atoms with E-state index in [4.69, 9.17) is 0 Å². The molecular weight excluding hydrogens is 815 g/mol. The van der Waals surface area contributed by atoms with E-state index in [1.54, 1.807) is 48.5 Å². The largest absolute Gasteiger partial charge is 0.393 e. The normalized spacial score (nSPS) is 12.6. The summed E-state index contributed by atoms with van der Waals surface area (Å²) >= 11 is 0. The fourth-order valence-electron chi connectivity index (χ4n) is 9.19. The van der Waals surface area contributed by atoms with Crippen LogP contribution in [0.5, 0.6) is 0 Å². The quantitative estimate of drug-likeness (QED) is 0.0892. The van der Waals surface area contributed by atoms with Crippen LogP contribution in [0.1, 0.15) is 112 Å². The van der Waals surface area contributed by atoms with E-state index in [2.05, 4.69) is 150 Å². The van der Waals surface area contributed by atoms with Crippen LogP contribution in [0.3, 0.4) is 0 Å². The Bertz CT molecular complexity index is 2690. The monoisotopic (exact) mass is 868 g/mol. The summed E-state index contributed by atoms with van der Waals surface area (Å²) in [5.41, 5.74) is 10.0. The molecule has 330 valence electrons. The molecule has 0 fully saturated rings. The fraction of sp³-hybridized carbons (Fsp3) is 0.286. The van der Waals surface area contributed by atoms with E-state index in [9.17, 15) is 26.3 Å². The van der Waals surface area contributed by atoms with E-state index in [-0.39, 0.29) is 23.0 Å². The van der Waals surface area contributed by atoms with Gasteiger partial charge in [-0.3, -0.25) is 0 Å². The van der Waals surface area contributed by atoms with Gasteiger partial charge >= 0.3 is 12.4 Å². The molecule has 0 atom stereocenters. The van der Waals surface area contributed by atoms with Gasteiger partial charge in [0.25, 0.3) is 0 Å². The molecule has 0 aliphatic heterocycles. The molecule has 0 heterocycles. The van der Waals surface area contributed by atoms with Crippen molar-refractivity contribution in [1.82, 2.24) is 0 Å². The van der Waals surface area contributed by atoms with Gasteiger partial charge < -0.3 is 9.80 Å². The van der Waals surface area contributed by atoms with Crippen LogP contribution in [0.2, 0.25) is 0 Å². The van der Waals surface area contributed by atoms with Crippen LogP contribution in [0.15, 0.2) is 133 Å². The number of nitrogens with zero attached hydrogens (tertiary/aromatic N) is 2. The topological polar surface area (TPSA) is 6.48 Å². The Morgan fingerprint density at radius 2 is 0.641 bits per heavy atom. The van der Waals surface area contributed by atoms with E-state index in [0.29, 0.717) is 11.8 Å². The summed E-state index contributed by atoms with van der Waals surface area (Å²) in [5.74, 6) is 0.831. The lowest BCUT2D eigenvalue weighted by molar-refractivity contribution is -0.128. The van der Waals surface area contributed by atoms with Crippen LogP contribution in [-0.4, -0.2) is 12.4 Å². The molecule has 8 rings (SSSR count). The fourth-order valence-corrected chi connectivity index (χ4v) is 9.19. The van der Waals surface area contributed by atoms with Crippen molar-refractivity contribution < 1.29 is 26.3 Å². The average Bonchev–Trinajstić information content (AvgIpc) is 3.23. The Morgan fingerprint density at radius 3 is 0.906 bits per heavy atom. The minimum atomic E-state index is -4.33. The van der Waals surface area contributed by atoms with E-state index in [1.165, 1.54) is 11.1 Å². The molecule has 0 bridgehead atoms. The zero-order valence-corrected chi connectivity index (χ0v) is 37.6. The van der Waals surface area contributed by atoms with Gasteiger partial charge in [0.1, 0.15) is 0 Å². The zero-order chi connectivity index (χ0) is 45.8. The molecule has 0 saturated carbocycles. The van der Waals surface area contributed by atoms with Crippen molar-refractivity contribution in [2.45, 2.75) is 104 Å². The summed E-state index contributed by atoms with van der Waals surface area (Å²) in [7, 11) is 0. The Balaban J connectivity index is 1.44. The van der Waals surface area contributed by atoms with Gasteiger partial charge in [0.15, 0.2) is 0 Å². The van der Waals surface area contributed by atoms with Crippen LogP contribution in [0.25, 0.3) is 32.3 Å². The molecule has 8 aromatic rings. The molecule has 0 spiro atoms. The number of anilines is 6. The first-order valence-corrected chi connectivity index (χ1v) is 22.2. The molecule has 0 radical (unpaired) electrons. The average molecular weight is 869 g/mol. The number of hydrogen-bond acceptors (Lipinski definition) is 2. The highest BCUT2D eigenvalue weighted by Gasteiger charge is 2.30. The minimum Gasteiger partial charge on any atom is -0.310 e. The van der Waals surface area contributed by atoms with Crippen molar-refractivity contribution in [3.05, 3.63) is 167 Å². The molecule has 0 aromatic heterocycles. The second-order valence-electron chi connectivity index (χ2n) is 18.4. The van der Waals surface area contributed by atoms with E-state index in [1.807, 2.05) is 0 Å². The first-order valence-electron chi connectivity index (χ1n) is 22.2. The van der Waals surface area contributed by atoms with Crippen molar-refractivity contribution in [3.8, 4) is 0 Å². The lowest BCUT2D eigenvalue weighted by atomic mass is 9.84. The summed E-state index contributed by atoms with van der Waals surface area (Å²) in [6, 6.07) is 43.4. The summed E-state index contributed by atoms with van der Waals surface area (Å²) < 4.78 is 81.2. The number of halogens is 6. The molecule has 0 aliphatic carbocycles. The van der Waals surface area contributed by atoms with E-state index >= 15 is 0 Å². The molecule has 8 heteroatoms. The maximum Gasteiger partial charge on any atom is 0.393 e. The highest BCUT2D eigenvalue weighted by molar-refractivity contribution is 6.29. The maximum atomic E-state index is 13.5. The second kappa shape index (κ2) is 17.2. The van der Waals surface area contributed by atoms with Crippen molar-refractivity contribution in [2.75, 3.05) is 9.80 Å². The van der Waals surface area contributed by atoms with Crippen molar-refractivity contribution in [2.24, 2.45) is 0 Å². The van der Waals surface area contributed by atoms with Gasteiger partial charge in [-0.1, -0.05) is 128 Å². The Morgan fingerprint density at radius 1 is 0.359 bits per heavy atom. The number of benzene rings is 8. The summed E-state index contributed by atoms with van der Waals surface area (Å²) in [5, 5.41) is 6.35. The van der Waals surface area contributed by atoms with Gasteiger partial charge in [0, 0.05) is 33.5 Å². The van der Waals surface area contributed by atoms with Gasteiger partial charge in [0.2, 0.25) is 0 Å². The zero-order valence-electron chi connectivity index (χ0n) is 37.6. The molecule has 8 aromatic carbocycles. The summed E-state index contributed by atoms with van der Waals surface area (Å²) in [6.07, 6.45) is -10.7. The number of hydrogen-bond donors (Lipinski definition) is 0. The smallest absolute Gasteiger partial charge is 0.310 e. The van der Waals surface area contributed by atoms with Gasteiger partial charge in [-0.25, -0.2) is 0 Å². The lowest BCUT2D eigenvalue weighted by Crippen LogP contribution is -2.14. The Kier molecular flexibility index (Phi) is 12.0. The molecule has 0 saturated heterocycles. The SMILES string of the molecule is CC(C)c1ccc(N(c2ccc(CC(F)(F)F)cc2)c2cc(C(C)C)c3ccc4c(N(c5ccc(CC(F)(F)F)cc5)c5ccc(C(C)C)cc5)cc(C(C)C)c5ccc2c3c54)cc1. The third-order valence-electron chi connectivity index (χ3n) is 12.5. The summed E-state index contributed by atoms with van der Waals surface area (Å²) in [6.45, 7) is 17.3. The molecule has 0 unspecified atom stereocenters. The molecule has 2 nitrogen and oxygen atoms in total. The highest BCUT2D eigenvalue weighted by Crippen LogP contribution is 2.51. The Labute approximate surface area is 372 Å². The second-order valence-corrected chi connectivity index (χ2v) is 18.4. The predicted molar refractivity (Wildman–Crippen MR) is 255 cm³/mol. The molecule has 0 aliphatic rings. The standard InChI is InChI=1S/C56H54F6N2/c1-33(2)39-13-21-43(22-14-39)63(41-17-9-37(10-18-41)31-55(57,58)59)51-29-49(35(5)6)45-26-28-48-52(30-50(36(7)8)46-25-27-47(51)53(45)54(46)48)64(44-23-15-40(16-24-44)34(3)4)42-19-11-38(12-20-42)32-56(60,61)62/h9-30,33-36H,31-32H2,1-8H3. The first-order chi connectivity index (χ1) is 30.3. The maximum absolute atomic E-state index is 13.5. The van der Waals surface area contributed by atoms with E-state index < -0.39 is 25.2 Å². The Hall–Kier alpha value is -6.02. The molecule has 64 heavy (non-hydrogen) atoms. The lowest BCUT2D eigenvalue weighted by Gasteiger charge is -2.32. The van der Waals surface area contributed by atoms with Crippen molar-refractivity contribution in [3.63, 3.8) is 0 Å².